The number of hydrogen-bond acceptors (Lipinski definition) is 10. The second-order valence-electron chi connectivity index (χ2n) is 15.5. The lowest BCUT2D eigenvalue weighted by Gasteiger charge is -2.35. The Kier molecular flexibility index (Phi) is 12.6. The lowest BCUT2D eigenvalue weighted by molar-refractivity contribution is -0.147. The first-order valence-corrected chi connectivity index (χ1v) is 18.5. The molecule has 0 radical (unpaired) electrons. The van der Waals surface area contributed by atoms with Crippen LogP contribution in [0.5, 0.6) is 5.88 Å². The van der Waals surface area contributed by atoms with E-state index >= 15 is 0 Å². The average Bonchev–Trinajstić information content (AvgIpc) is 3.97. The molecule has 4 amide bonds. The Morgan fingerprint density at radius 3 is 2.43 bits per heavy atom. The number of nitrogens with zero attached hydrogens (tertiary/aromatic N) is 2. The molecule has 1 aliphatic heterocycles. The number of pyridine rings is 1. The number of rotatable bonds is 15. The standard InChI is InChI=1S/C38H51N5O9.CH4.3H2/c1-5-24-19-38(24,35(47)40-30(21-44)50-22-49-25-14-15-25)42-32(45)29-18-27(51-33-28-13-9-6-10-23(28)16-17-39-33)20-43(29)34(46)31(37(2,3)4)41-36(48)52-26-11-7-8-12-26;;;;/h6,9-10,13,16-17,21,24-27,29-31H,5,7-8,11-12,14-15,18-20,22H2,1-4H3,(H,40,47)(H,41,48)(H,42,45);1H4;3*1H/t24-,27-,29+,30?,31-,38-;;;;/m1..../s1. The van der Waals surface area contributed by atoms with Crippen molar-refractivity contribution in [1.82, 2.24) is 25.8 Å². The first kappa shape index (κ1) is 39.9. The fourth-order valence-electron chi connectivity index (χ4n) is 7.27. The third kappa shape index (κ3) is 9.45. The van der Waals surface area contributed by atoms with Crippen LogP contribution in [0.15, 0.2) is 36.5 Å². The minimum atomic E-state index is -1.30. The van der Waals surface area contributed by atoms with Gasteiger partial charge in [-0.05, 0) is 73.8 Å². The normalized spacial score (nSPS) is 25.1. The zero-order chi connectivity index (χ0) is 37.0. The number of ether oxygens (including phenoxy) is 4. The van der Waals surface area contributed by atoms with Gasteiger partial charge in [-0.15, -0.1) is 0 Å². The molecule has 14 heteroatoms. The Morgan fingerprint density at radius 2 is 1.77 bits per heavy atom. The maximum absolute atomic E-state index is 14.5. The van der Waals surface area contributed by atoms with Crippen LogP contribution in [0.4, 0.5) is 4.79 Å². The Labute approximate surface area is 315 Å². The van der Waals surface area contributed by atoms with Crippen molar-refractivity contribution in [1.29, 1.82) is 0 Å². The topological polar surface area (TPSA) is 174 Å². The van der Waals surface area contributed by atoms with Gasteiger partial charge in [0.25, 0.3) is 0 Å². The molecule has 1 unspecified atom stereocenters. The summed E-state index contributed by atoms with van der Waals surface area (Å²) < 4.78 is 23.0. The molecule has 0 bridgehead atoms. The fourth-order valence-corrected chi connectivity index (χ4v) is 7.27. The lowest BCUT2D eigenvalue weighted by Crippen LogP contribution is -2.60. The first-order valence-electron chi connectivity index (χ1n) is 18.5. The fraction of sp³-hybridized carbons (Fsp3) is 0.641. The second kappa shape index (κ2) is 16.8. The third-order valence-electron chi connectivity index (χ3n) is 10.5. The van der Waals surface area contributed by atoms with Crippen molar-refractivity contribution in [3.05, 3.63) is 36.5 Å². The number of carbonyl (C=O) groups is 5. The molecule has 1 aromatic carbocycles. The number of nitrogens with one attached hydrogen (secondary N) is 3. The monoisotopic (exact) mass is 743 g/mol. The van der Waals surface area contributed by atoms with E-state index in [1.54, 1.807) is 6.20 Å². The van der Waals surface area contributed by atoms with E-state index in [4.69, 9.17) is 18.9 Å². The number of carbonyl (C=O) groups excluding carboxylic acids is 5. The van der Waals surface area contributed by atoms with Gasteiger partial charge in [0.1, 0.15) is 36.6 Å². The van der Waals surface area contributed by atoms with Gasteiger partial charge in [-0.3, -0.25) is 19.2 Å². The Bertz CT molecular complexity index is 1650. The van der Waals surface area contributed by atoms with Crippen LogP contribution in [0.2, 0.25) is 0 Å². The summed E-state index contributed by atoms with van der Waals surface area (Å²) in [5.74, 6) is -1.39. The van der Waals surface area contributed by atoms with Crippen LogP contribution in [-0.2, 0) is 33.4 Å². The van der Waals surface area contributed by atoms with Gasteiger partial charge in [0.2, 0.25) is 23.6 Å². The molecule has 0 spiro atoms. The Morgan fingerprint density at radius 1 is 1.04 bits per heavy atom. The molecule has 14 nitrogen and oxygen atoms in total. The third-order valence-corrected chi connectivity index (χ3v) is 10.5. The van der Waals surface area contributed by atoms with Crippen LogP contribution in [0, 0.1) is 11.3 Å². The summed E-state index contributed by atoms with van der Waals surface area (Å²) in [5, 5.41) is 10.1. The van der Waals surface area contributed by atoms with E-state index in [2.05, 4.69) is 20.9 Å². The number of fused-ring (bicyclic) bond motifs is 1. The van der Waals surface area contributed by atoms with Crippen LogP contribution in [0.25, 0.3) is 10.8 Å². The van der Waals surface area contributed by atoms with E-state index < -0.39 is 59.2 Å². The van der Waals surface area contributed by atoms with Crippen molar-refractivity contribution >= 4 is 40.9 Å². The molecule has 4 aliphatic rings. The summed E-state index contributed by atoms with van der Waals surface area (Å²) in [4.78, 5) is 73.3. The summed E-state index contributed by atoms with van der Waals surface area (Å²) in [6, 6.07) is 7.43. The van der Waals surface area contributed by atoms with E-state index in [0.717, 1.165) is 49.3 Å². The highest BCUT2D eigenvalue weighted by atomic mass is 16.7. The highest BCUT2D eigenvalue weighted by Gasteiger charge is 2.61. The smallest absolute Gasteiger partial charge is 0.408 e. The zero-order valence-corrected chi connectivity index (χ0v) is 30.4. The van der Waals surface area contributed by atoms with Crippen molar-refractivity contribution in [2.75, 3.05) is 13.3 Å². The van der Waals surface area contributed by atoms with E-state index in [0.29, 0.717) is 25.0 Å². The predicted molar refractivity (Wildman–Crippen MR) is 202 cm³/mol. The van der Waals surface area contributed by atoms with Crippen molar-refractivity contribution in [3.8, 4) is 5.88 Å². The van der Waals surface area contributed by atoms with Gasteiger partial charge in [-0.2, -0.15) is 0 Å². The van der Waals surface area contributed by atoms with Gasteiger partial charge in [0.05, 0.1) is 12.6 Å². The van der Waals surface area contributed by atoms with Crippen LogP contribution >= 0.6 is 0 Å². The van der Waals surface area contributed by atoms with Crippen LogP contribution < -0.4 is 20.7 Å². The van der Waals surface area contributed by atoms with Gasteiger partial charge in [-0.25, -0.2) is 9.78 Å². The molecule has 2 heterocycles. The molecular formula is C39H61N5O9. The molecule has 53 heavy (non-hydrogen) atoms. The molecule has 1 saturated heterocycles. The van der Waals surface area contributed by atoms with E-state index in [9.17, 15) is 24.0 Å². The van der Waals surface area contributed by atoms with Gasteiger partial charge in [0, 0.05) is 22.3 Å². The van der Waals surface area contributed by atoms with Crippen molar-refractivity contribution in [2.24, 2.45) is 11.3 Å². The maximum Gasteiger partial charge on any atom is 0.408 e. The first-order chi connectivity index (χ1) is 24.9. The molecule has 3 aliphatic carbocycles. The number of hydrogen-bond donors (Lipinski definition) is 3. The van der Waals surface area contributed by atoms with E-state index in [1.165, 1.54) is 4.90 Å². The molecule has 4 fully saturated rings. The van der Waals surface area contributed by atoms with E-state index in [-0.39, 0.29) is 49.6 Å². The molecule has 3 N–H and O–H groups in total. The highest BCUT2D eigenvalue weighted by Crippen LogP contribution is 2.46. The number of benzene rings is 1. The molecule has 6 atom stereocenters. The summed E-state index contributed by atoms with van der Waals surface area (Å²) in [6.07, 6.45) is 5.89. The highest BCUT2D eigenvalue weighted by molar-refractivity contribution is 5.99. The number of amides is 4. The maximum atomic E-state index is 14.5. The summed E-state index contributed by atoms with van der Waals surface area (Å²) in [5.41, 5.74) is -2.05. The predicted octanol–water partition coefficient (Wildman–Crippen LogP) is 5.12. The van der Waals surface area contributed by atoms with Gasteiger partial charge >= 0.3 is 6.09 Å². The van der Waals surface area contributed by atoms with Gasteiger partial charge in [0.15, 0.2) is 12.5 Å². The zero-order valence-electron chi connectivity index (χ0n) is 30.4. The SMILES string of the molecule is C.CC[C@@H]1C[C@]1(NC(=O)[C@@H]1C[C@@H](Oc2nccc3ccccc23)CN1C(=O)[C@@H](NC(=O)OC1CCCC1)C(C)(C)C)C(=O)NC(C=O)OCOC1CC1.[HH].[HH].[HH]. The second-order valence-corrected chi connectivity index (χ2v) is 15.5. The van der Waals surface area contributed by atoms with Gasteiger partial charge in [-0.1, -0.05) is 59.7 Å². The van der Waals surface area contributed by atoms with E-state index in [1.807, 2.05) is 58.0 Å². The Balaban J connectivity index is 0.00000271. The summed E-state index contributed by atoms with van der Waals surface area (Å²) in [7, 11) is 0. The van der Waals surface area contributed by atoms with Crippen molar-refractivity contribution in [2.45, 2.75) is 135 Å². The molecule has 6 rings (SSSR count). The number of alkyl carbamates (subject to hydrolysis) is 1. The average molecular weight is 744 g/mol. The minimum absolute atomic E-state index is 0. The summed E-state index contributed by atoms with van der Waals surface area (Å²) in [6.45, 7) is 7.31. The molecule has 3 saturated carbocycles. The molecular weight excluding hydrogens is 682 g/mol. The van der Waals surface area contributed by atoms with Crippen LogP contribution in [0.3, 0.4) is 0 Å². The Hall–Kier alpha value is -4.30. The quantitative estimate of drug-likeness (QED) is 0.164. The minimum Gasteiger partial charge on any atom is -0.472 e. The summed E-state index contributed by atoms with van der Waals surface area (Å²) >= 11 is 0. The van der Waals surface area contributed by atoms with Crippen LogP contribution in [-0.4, -0.2) is 95.5 Å². The van der Waals surface area contributed by atoms with Crippen molar-refractivity contribution in [3.63, 3.8) is 0 Å². The van der Waals surface area contributed by atoms with Crippen LogP contribution in [0.1, 0.15) is 97.2 Å². The lowest BCUT2D eigenvalue weighted by atomic mass is 9.85. The van der Waals surface area contributed by atoms with Crippen molar-refractivity contribution < 1.29 is 47.2 Å². The molecule has 296 valence electrons. The van der Waals surface area contributed by atoms with Gasteiger partial charge < -0.3 is 39.8 Å². The largest absolute Gasteiger partial charge is 0.472 e. The molecule has 2 aromatic rings. The number of likely N-dealkylation sites (tertiary alicyclic amines) is 1. The molecule has 1 aromatic heterocycles. The number of aromatic nitrogens is 1. The number of aldehydes is 1.